The zero-order valence-corrected chi connectivity index (χ0v) is 18.3. The monoisotopic (exact) mass is 451 g/mol. The second kappa shape index (κ2) is 8.08. The average molecular weight is 452 g/mol. The van der Waals surface area contributed by atoms with Gasteiger partial charge in [0.15, 0.2) is 15.0 Å². The van der Waals surface area contributed by atoms with E-state index in [2.05, 4.69) is 10.3 Å². The molecule has 2 aromatic rings. The van der Waals surface area contributed by atoms with E-state index in [1.165, 1.54) is 16.2 Å². The lowest BCUT2D eigenvalue weighted by Crippen LogP contribution is -2.38. The van der Waals surface area contributed by atoms with E-state index >= 15 is 0 Å². The normalized spacial score (nSPS) is 23.5. The maximum atomic E-state index is 12.6. The smallest absolute Gasteiger partial charge is 0.231 e. The molecule has 2 amide bonds. The van der Waals surface area contributed by atoms with Crippen LogP contribution in [-0.2, 0) is 19.4 Å². The van der Waals surface area contributed by atoms with Gasteiger partial charge in [-0.25, -0.2) is 13.4 Å². The van der Waals surface area contributed by atoms with Gasteiger partial charge in [-0.05, 0) is 24.8 Å². The number of likely N-dealkylation sites (tertiary alicyclic amines) is 1. The molecule has 2 fully saturated rings. The van der Waals surface area contributed by atoms with Crippen molar-refractivity contribution in [3.63, 3.8) is 0 Å². The van der Waals surface area contributed by atoms with Gasteiger partial charge in [0.2, 0.25) is 11.8 Å². The fraction of sp³-hybridized carbons (Fsp3) is 0.421. The molecule has 2 aliphatic heterocycles. The van der Waals surface area contributed by atoms with Crippen LogP contribution in [0.3, 0.4) is 0 Å². The summed E-state index contributed by atoms with van der Waals surface area (Å²) in [6, 6.07) is 7.74. The number of carbonyl (C=O) groups is 2. The third kappa shape index (κ3) is 4.49. The molecule has 2 saturated heterocycles. The van der Waals surface area contributed by atoms with E-state index in [0.717, 1.165) is 11.3 Å². The summed E-state index contributed by atoms with van der Waals surface area (Å²) in [6.45, 7) is 0.263. The quantitative estimate of drug-likeness (QED) is 0.702. The fourth-order valence-electron chi connectivity index (χ4n) is 3.71. The minimum absolute atomic E-state index is 0.00174. The number of thioether (sulfide) groups is 1. The van der Waals surface area contributed by atoms with E-state index in [1.54, 1.807) is 16.7 Å². The van der Waals surface area contributed by atoms with Crippen molar-refractivity contribution in [2.45, 2.75) is 23.8 Å². The highest BCUT2D eigenvalue weighted by molar-refractivity contribution is 7.98. The van der Waals surface area contributed by atoms with Crippen molar-refractivity contribution in [3.8, 4) is 11.3 Å². The lowest BCUT2D eigenvalue weighted by Gasteiger charge is -2.22. The highest BCUT2D eigenvalue weighted by Gasteiger charge is 2.42. The van der Waals surface area contributed by atoms with Crippen LogP contribution < -0.4 is 5.32 Å². The first kappa shape index (κ1) is 20.4. The maximum Gasteiger partial charge on any atom is 0.231 e. The maximum absolute atomic E-state index is 12.6. The van der Waals surface area contributed by atoms with Gasteiger partial charge >= 0.3 is 0 Å². The molecule has 1 aromatic heterocycles. The summed E-state index contributed by atoms with van der Waals surface area (Å²) in [7, 11) is -3.07. The first-order valence-electron chi connectivity index (χ1n) is 9.25. The van der Waals surface area contributed by atoms with Crippen LogP contribution in [0.2, 0.25) is 0 Å². The van der Waals surface area contributed by atoms with E-state index in [0.29, 0.717) is 11.6 Å². The zero-order chi connectivity index (χ0) is 20.6. The van der Waals surface area contributed by atoms with E-state index in [-0.39, 0.29) is 42.3 Å². The molecule has 0 bridgehead atoms. The summed E-state index contributed by atoms with van der Waals surface area (Å²) < 4.78 is 23.4. The number of sulfone groups is 1. The Morgan fingerprint density at radius 2 is 2.07 bits per heavy atom. The molecule has 0 spiro atoms. The first-order valence-corrected chi connectivity index (χ1v) is 13.2. The summed E-state index contributed by atoms with van der Waals surface area (Å²) in [5.41, 5.74) is 1.77. The minimum atomic E-state index is -3.07. The lowest BCUT2D eigenvalue weighted by molar-refractivity contribution is -0.129. The highest BCUT2D eigenvalue weighted by Crippen LogP contribution is 2.29. The van der Waals surface area contributed by atoms with Gasteiger partial charge in [0, 0.05) is 34.8 Å². The van der Waals surface area contributed by atoms with Crippen LogP contribution in [0.25, 0.3) is 11.3 Å². The van der Waals surface area contributed by atoms with Crippen molar-refractivity contribution in [1.29, 1.82) is 0 Å². The van der Waals surface area contributed by atoms with Gasteiger partial charge < -0.3 is 10.2 Å². The van der Waals surface area contributed by atoms with Crippen molar-refractivity contribution in [1.82, 2.24) is 9.88 Å². The molecule has 4 rings (SSSR count). The van der Waals surface area contributed by atoms with Gasteiger partial charge in [0.1, 0.15) is 0 Å². The van der Waals surface area contributed by atoms with Crippen LogP contribution in [0.5, 0.6) is 0 Å². The molecule has 3 heterocycles. The number of amides is 2. The number of benzene rings is 1. The number of anilines is 1. The van der Waals surface area contributed by atoms with Crippen LogP contribution in [0, 0.1) is 5.92 Å². The van der Waals surface area contributed by atoms with Gasteiger partial charge in [-0.1, -0.05) is 12.1 Å². The molecule has 29 heavy (non-hydrogen) atoms. The second-order valence-electron chi connectivity index (χ2n) is 7.26. The summed E-state index contributed by atoms with van der Waals surface area (Å²) in [6.07, 6.45) is 2.58. The molecule has 1 N–H and O–H groups in total. The van der Waals surface area contributed by atoms with Gasteiger partial charge in [0.25, 0.3) is 0 Å². The lowest BCUT2D eigenvalue weighted by atomic mass is 10.1. The standard InChI is InChI=1S/C19H21N3O4S3/c1-27-15-4-2-12(3-5-15)16-10-28-19(20-16)21-18(24)13-8-17(23)22(9-13)14-6-7-29(25,26)11-14/h2-5,10,13-14H,6-9,11H2,1H3,(H,20,21,24). The summed E-state index contributed by atoms with van der Waals surface area (Å²) in [5, 5.41) is 5.19. The Hall–Kier alpha value is -1.91. The average Bonchev–Trinajstić information content (AvgIpc) is 3.40. The van der Waals surface area contributed by atoms with Crippen LogP contribution in [0.4, 0.5) is 5.13 Å². The molecule has 0 saturated carbocycles. The first-order chi connectivity index (χ1) is 13.8. The van der Waals surface area contributed by atoms with E-state index in [9.17, 15) is 18.0 Å². The molecule has 10 heteroatoms. The highest BCUT2D eigenvalue weighted by atomic mass is 32.2. The Morgan fingerprint density at radius 1 is 1.31 bits per heavy atom. The van der Waals surface area contributed by atoms with Gasteiger partial charge in [-0.15, -0.1) is 23.1 Å². The molecule has 0 aliphatic carbocycles. The van der Waals surface area contributed by atoms with Crippen molar-refractivity contribution in [2.24, 2.45) is 5.92 Å². The van der Waals surface area contributed by atoms with E-state index in [1.807, 2.05) is 35.9 Å². The second-order valence-corrected chi connectivity index (χ2v) is 11.2. The largest absolute Gasteiger partial charge is 0.338 e. The number of carbonyl (C=O) groups excluding carboxylic acids is 2. The number of aromatic nitrogens is 1. The Bertz CT molecular complexity index is 1030. The van der Waals surface area contributed by atoms with Crippen molar-refractivity contribution < 1.29 is 18.0 Å². The summed E-state index contributed by atoms with van der Waals surface area (Å²) in [5.74, 6) is -0.781. The SMILES string of the molecule is CSc1ccc(-c2csc(NC(=O)C3CC(=O)N(C4CCS(=O)(=O)C4)C3)n2)cc1. The van der Waals surface area contributed by atoms with Gasteiger partial charge in [-0.2, -0.15) is 0 Å². The van der Waals surface area contributed by atoms with Crippen molar-refractivity contribution in [3.05, 3.63) is 29.6 Å². The van der Waals surface area contributed by atoms with Crippen LogP contribution >= 0.6 is 23.1 Å². The number of hydrogen-bond donors (Lipinski definition) is 1. The summed E-state index contributed by atoms with van der Waals surface area (Å²) in [4.78, 5) is 32.2. The Balaban J connectivity index is 1.38. The van der Waals surface area contributed by atoms with Gasteiger partial charge in [-0.3, -0.25) is 9.59 Å². The van der Waals surface area contributed by atoms with Crippen LogP contribution in [-0.4, -0.2) is 60.5 Å². The predicted molar refractivity (Wildman–Crippen MR) is 115 cm³/mol. The molecule has 2 aliphatic rings. The molecule has 1 aromatic carbocycles. The van der Waals surface area contributed by atoms with E-state index < -0.39 is 15.8 Å². The minimum Gasteiger partial charge on any atom is -0.338 e. The Labute approximate surface area is 177 Å². The molecular weight excluding hydrogens is 430 g/mol. The van der Waals surface area contributed by atoms with Crippen molar-refractivity contribution in [2.75, 3.05) is 29.6 Å². The third-order valence-corrected chi connectivity index (χ3v) is 8.55. The topological polar surface area (TPSA) is 96.4 Å². The van der Waals surface area contributed by atoms with Crippen molar-refractivity contribution >= 4 is 49.9 Å². The number of nitrogens with zero attached hydrogens (tertiary/aromatic N) is 2. The van der Waals surface area contributed by atoms with Gasteiger partial charge in [0.05, 0.1) is 23.1 Å². The molecular formula is C19H21N3O4S3. The Kier molecular flexibility index (Phi) is 5.67. The summed E-state index contributed by atoms with van der Waals surface area (Å²) >= 11 is 3.01. The number of rotatable bonds is 5. The van der Waals surface area contributed by atoms with Crippen LogP contribution in [0.1, 0.15) is 12.8 Å². The Morgan fingerprint density at radius 3 is 2.72 bits per heavy atom. The van der Waals surface area contributed by atoms with Crippen LogP contribution in [0.15, 0.2) is 34.5 Å². The predicted octanol–water partition coefficient (Wildman–Crippen LogP) is 2.51. The number of hydrogen-bond acceptors (Lipinski definition) is 7. The molecule has 154 valence electrons. The molecule has 2 atom stereocenters. The molecule has 2 unspecified atom stereocenters. The number of nitrogens with one attached hydrogen (secondary N) is 1. The molecule has 0 radical (unpaired) electrons. The molecule has 7 nitrogen and oxygen atoms in total. The fourth-order valence-corrected chi connectivity index (χ4v) is 6.58. The zero-order valence-electron chi connectivity index (χ0n) is 15.8. The third-order valence-electron chi connectivity index (χ3n) is 5.30. The number of thiazole rings is 1. The van der Waals surface area contributed by atoms with E-state index in [4.69, 9.17) is 0 Å².